The van der Waals surface area contributed by atoms with Crippen LogP contribution in [0.1, 0.15) is 79.1 Å². The van der Waals surface area contributed by atoms with E-state index in [4.69, 9.17) is 4.43 Å². The molecule has 0 fully saturated rings. The van der Waals surface area contributed by atoms with E-state index in [-0.39, 0.29) is 0 Å². The summed E-state index contributed by atoms with van der Waals surface area (Å²) in [5.41, 5.74) is 0. The molecule has 0 bridgehead atoms. The van der Waals surface area contributed by atoms with E-state index in [9.17, 15) is 0 Å². The lowest BCUT2D eigenvalue weighted by molar-refractivity contribution is 0.277. The van der Waals surface area contributed by atoms with Gasteiger partial charge >= 0.3 is 0 Å². The minimum absolute atomic E-state index is 0.337. The molecule has 0 saturated carbocycles. The van der Waals surface area contributed by atoms with Crippen LogP contribution in [0.2, 0.25) is 18.1 Å². The zero-order valence-corrected chi connectivity index (χ0v) is 16.9. The lowest BCUT2D eigenvalue weighted by Crippen LogP contribution is -2.40. The van der Waals surface area contributed by atoms with Crippen LogP contribution in [0, 0.1) is 11.8 Å². The first kappa shape index (κ1) is 21.5. The van der Waals surface area contributed by atoms with Crippen molar-refractivity contribution < 1.29 is 4.43 Å². The van der Waals surface area contributed by atoms with Gasteiger partial charge in [0, 0.05) is 6.61 Å². The summed E-state index contributed by atoms with van der Waals surface area (Å²) in [6.07, 6.45) is 14.6. The molecule has 0 amide bonds. The van der Waals surface area contributed by atoms with Crippen LogP contribution in [-0.2, 0) is 4.43 Å². The SMILES string of the molecule is CC#C/C=C/CCCCCCCCCO[Si](C)(C)C(C)(C)C. The lowest BCUT2D eigenvalue weighted by Gasteiger charge is -2.36. The quantitative estimate of drug-likeness (QED) is 0.233. The van der Waals surface area contributed by atoms with Gasteiger partial charge in [0.15, 0.2) is 8.32 Å². The van der Waals surface area contributed by atoms with Crippen molar-refractivity contribution in [2.24, 2.45) is 0 Å². The molecule has 0 aromatic carbocycles. The molecule has 0 aromatic rings. The summed E-state index contributed by atoms with van der Waals surface area (Å²) >= 11 is 0. The molecule has 0 aromatic heterocycles. The topological polar surface area (TPSA) is 9.23 Å². The van der Waals surface area contributed by atoms with Crippen LogP contribution >= 0.6 is 0 Å². The predicted molar refractivity (Wildman–Crippen MR) is 103 cm³/mol. The van der Waals surface area contributed by atoms with Gasteiger partial charge in [-0.1, -0.05) is 64.9 Å². The molecule has 0 unspecified atom stereocenters. The predicted octanol–water partition coefficient (Wildman–Crippen LogP) is 6.71. The first-order valence-corrected chi connectivity index (χ1v) is 11.9. The van der Waals surface area contributed by atoms with Gasteiger partial charge in [-0.3, -0.25) is 0 Å². The summed E-state index contributed by atoms with van der Waals surface area (Å²) in [6, 6.07) is 0. The van der Waals surface area contributed by atoms with E-state index in [0.717, 1.165) is 6.61 Å². The number of hydrogen-bond acceptors (Lipinski definition) is 1. The van der Waals surface area contributed by atoms with Gasteiger partial charge < -0.3 is 4.43 Å². The summed E-state index contributed by atoms with van der Waals surface area (Å²) in [6.45, 7) is 14.4. The second kappa shape index (κ2) is 12.0. The molecule has 0 atom stereocenters. The lowest BCUT2D eigenvalue weighted by atomic mass is 10.1. The second-order valence-electron chi connectivity index (χ2n) is 7.67. The second-order valence-corrected chi connectivity index (χ2v) is 12.5. The fraction of sp³-hybridized carbons (Fsp3) is 0.800. The molecular weight excluding hydrogens is 284 g/mol. The highest BCUT2D eigenvalue weighted by molar-refractivity contribution is 6.74. The van der Waals surface area contributed by atoms with E-state index in [1.807, 2.05) is 13.0 Å². The third-order valence-corrected chi connectivity index (χ3v) is 9.17. The summed E-state index contributed by atoms with van der Waals surface area (Å²) in [7, 11) is -1.52. The maximum Gasteiger partial charge on any atom is 0.191 e. The molecule has 0 rings (SSSR count). The van der Waals surface area contributed by atoms with E-state index in [2.05, 4.69) is 51.8 Å². The Bertz CT molecular complexity index is 352. The largest absolute Gasteiger partial charge is 0.417 e. The van der Waals surface area contributed by atoms with Crippen molar-refractivity contribution in [2.45, 2.75) is 97.2 Å². The van der Waals surface area contributed by atoms with Crippen molar-refractivity contribution in [1.82, 2.24) is 0 Å². The van der Waals surface area contributed by atoms with Crippen LogP contribution in [-0.4, -0.2) is 14.9 Å². The van der Waals surface area contributed by atoms with Gasteiger partial charge in [0.25, 0.3) is 0 Å². The van der Waals surface area contributed by atoms with Gasteiger partial charge in [0.05, 0.1) is 0 Å². The van der Waals surface area contributed by atoms with Gasteiger partial charge in [-0.2, -0.15) is 0 Å². The fourth-order valence-electron chi connectivity index (χ4n) is 2.02. The van der Waals surface area contributed by atoms with Gasteiger partial charge in [0.1, 0.15) is 0 Å². The molecule has 0 aliphatic carbocycles. The molecule has 128 valence electrons. The molecule has 0 saturated heterocycles. The monoisotopic (exact) mass is 322 g/mol. The number of unbranched alkanes of at least 4 members (excludes halogenated alkanes) is 7. The third-order valence-electron chi connectivity index (χ3n) is 4.63. The Morgan fingerprint density at radius 1 is 0.909 bits per heavy atom. The Morgan fingerprint density at radius 3 is 2.00 bits per heavy atom. The third kappa shape index (κ3) is 11.1. The summed E-state index contributed by atoms with van der Waals surface area (Å²) in [5.74, 6) is 5.84. The summed E-state index contributed by atoms with van der Waals surface area (Å²) < 4.78 is 6.21. The van der Waals surface area contributed by atoms with Crippen LogP contribution in [0.15, 0.2) is 12.2 Å². The average molecular weight is 323 g/mol. The Balaban J connectivity index is 3.39. The first-order chi connectivity index (χ1) is 10.3. The zero-order valence-electron chi connectivity index (χ0n) is 15.9. The van der Waals surface area contributed by atoms with E-state index < -0.39 is 8.32 Å². The maximum atomic E-state index is 6.21. The zero-order chi connectivity index (χ0) is 16.9. The highest BCUT2D eigenvalue weighted by Gasteiger charge is 2.36. The fourth-order valence-corrected chi connectivity index (χ4v) is 3.11. The molecule has 1 nitrogen and oxygen atoms in total. The van der Waals surface area contributed by atoms with Crippen molar-refractivity contribution in [3.05, 3.63) is 12.2 Å². The van der Waals surface area contributed by atoms with Crippen molar-refractivity contribution in [1.29, 1.82) is 0 Å². The smallest absolute Gasteiger partial charge is 0.191 e. The summed E-state index contributed by atoms with van der Waals surface area (Å²) in [4.78, 5) is 0. The highest BCUT2D eigenvalue weighted by atomic mass is 28.4. The highest BCUT2D eigenvalue weighted by Crippen LogP contribution is 2.36. The number of allylic oxidation sites excluding steroid dienone is 2. The molecule has 0 N–H and O–H groups in total. The standard InChI is InChI=1S/C20H38OSi/c1-7-8-9-10-11-12-13-14-15-16-17-18-19-21-22(5,6)20(2,3)4/h9-10H,11-19H2,1-6H3/b10-9+. The Kier molecular flexibility index (Phi) is 11.7. The Morgan fingerprint density at radius 2 is 1.45 bits per heavy atom. The van der Waals surface area contributed by atoms with Crippen LogP contribution in [0.5, 0.6) is 0 Å². The van der Waals surface area contributed by atoms with Gasteiger partial charge in [-0.05, 0) is 50.4 Å². The Labute approximate surface area is 141 Å². The van der Waals surface area contributed by atoms with Crippen molar-refractivity contribution >= 4 is 8.32 Å². The molecule has 22 heavy (non-hydrogen) atoms. The first-order valence-electron chi connectivity index (χ1n) is 9.02. The normalized spacial score (nSPS) is 12.5. The molecular formula is C20H38OSi. The average Bonchev–Trinajstić information content (AvgIpc) is 2.42. The molecule has 0 spiro atoms. The van der Waals surface area contributed by atoms with Crippen molar-refractivity contribution in [3.8, 4) is 11.8 Å². The molecule has 0 aliphatic heterocycles. The van der Waals surface area contributed by atoms with Crippen molar-refractivity contribution in [2.75, 3.05) is 6.61 Å². The van der Waals surface area contributed by atoms with Crippen LogP contribution in [0.4, 0.5) is 0 Å². The number of hydrogen-bond donors (Lipinski definition) is 0. The van der Waals surface area contributed by atoms with Gasteiger partial charge in [0.2, 0.25) is 0 Å². The number of rotatable bonds is 11. The Hall–Kier alpha value is -0.523. The van der Waals surface area contributed by atoms with Gasteiger partial charge in [-0.15, -0.1) is 5.92 Å². The minimum atomic E-state index is -1.52. The van der Waals surface area contributed by atoms with Gasteiger partial charge in [-0.25, -0.2) is 0 Å². The molecule has 2 heteroatoms. The van der Waals surface area contributed by atoms with E-state index in [1.165, 1.54) is 51.4 Å². The summed E-state index contributed by atoms with van der Waals surface area (Å²) in [5, 5.41) is 0.337. The molecule has 0 heterocycles. The van der Waals surface area contributed by atoms with Crippen LogP contribution in [0.25, 0.3) is 0 Å². The molecule has 0 aliphatic rings. The minimum Gasteiger partial charge on any atom is -0.417 e. The van der Waals surface area contributed by atoms with Crippen molar-refractivity contribution in [3.63, 3.8) is 0 Å². The van der Waals surface area contributed by atoms with Crippen LogP contribution < -0.4 is 0 Å². The van der Waals surface area contributed by atoms with E-state index in [1.54, 1.807) is 0 Å². The maximum absolute atomic E-state index is 6.21. The van der Waals surface area contributed by atoms with E-state index in [0.29, 0.717) is 5.04 Å². The van der Waals surface area contributed by atoms with Crippen LogP contribution in [0.3, 0.4) is 0 Å². The van der Waals surface area contributed by atoms with E-state index >= 15 is 0 Å². The molecule has 0 radical (unpaired) electrons.